The van der Waals surface area contributed by atoms with E-state index in [4.69, 9.17) is 18.9 Å². The molecule has 0 bridgehead atoms. The number of esters is 2. The Bertz CT molecular complexity index is 838. The van der Waals surface area contributed by atoms with E-state index in [2.05, 4.69) is 50.0 Å². The summed E-state index contributed by atoms with van der Waals surface area (Å²) in [7, 11) is 0. The van der Waals surface area contributed by atoms with E-state index in [-0.39, 0.29) is 24.8 Å². The van der Waals surface area contributed by atoms with Gasteiger partial charge in [0.15, 0.2) is 6.29 Å². The average molecular weight is 780 g/mol. The van der Waals surface area contributed by atoms with Gasteiger partial charge in [0.25, 0.3) is 0 Å². The van der Waals surface area contributed by atoms with Gasteiger partial charge in [0.05, 0.1) is 26.2 Å². The minimum atomic E-state index is -0.352. The van der Waals surface area contributed by atoms with Gasteiger partial charge in [-0.05, 0) is 96.6 Å². The van der Waals surface area contributed by atoms with Crippen molar-refractivity contribution in [1.82, 2.24) is 4.90 Å². The predicted octanol–water partition coefficient (Wildman–Crippen LogP) is 12.2. The van der Waals surface area contributed by atoms with Crippen molar-refractivity contribution in [2.45, 2.75) is 213 Å². The average Bonchev–Trinajstić information content (AvgIpc) is 3.18. The lowest BCUT2D eigenvalue weighted by molar-refractivity contribution is -0.159. The first-order valence-corrected chi connectivity index (χ1v) is 23.2. The molecule has 8 nitrogen and oxygen atoms in total. The molecule has 0 saturated heterocycles. The van der Waals surface area contributed by atoms with Crippen LogP contribution in [-0.4, -0.2) is 80.9 Å². The lowest BCUT2D eigenvalue weighted by Gasteiger charge is -2.21. The topological polar surface area (TPSA) is 94.5 Å². The molecule has 0 amide bonds. The van der Waals surface area contributed by atoms with E-state index in [0.29, 0.717) is 52.2 Å². The maximum atomic E-state index is 12.5. The van der Waals surface area contributed by atoms with Gasteiger partial charge in [-0.25, -0.2) is 0 Å². The summed E-state index contributed by atoms with van der Waals surface area (Å²) in [6.45, 7) is 11.8. The van der Waals surface area contributed by atoms with Crippen molar-refractivity contribution >= 4 is 11.9 Å². The molecule has 0 aromatic rings. The molecule has 0 rings (SSSR count). The molecule has 0 spiro atoms. The molecule has 324 valence electrons. The highest BCUT2D eigenvalue weighted by molar-refractivity contribution is 5.69. The summed E-state index contributed by atoms with van der Waals surface area (Å²) in [5, 5.41) is 9.54. The molecule has 55 heavy (non-hydrogen) atoms. The second kappa shape index (κ2) is 45.0. The van der Waals surface area contributed by atoms with E-state index in [1.54, 1.807) is 0 Å². The zero-order valence-corrected chi connectivity index (χ0v) is 36.4. The molecule has 0 aromatic carbocycles. The molecule has 0 saturated carbocycles. The fourth-order valence-corrected chi connectivity index (χ4v) is 6.51. The number of rotatable bonds is 44. The Morgan fingerprint density at radius 1 is 0.491 bits per heavy atom. The molecular weight excluding hydrogens is 691 g/mol. The van der Waals surface area contributed by atoms with Crippen molar-refractivity contribution in [1.29, 1.82) is 0 Å². The number of carbonyl (C=O) groups excluding carboxylic acids is 2. The number of ether oxygens (including phenoxy) is 4. The molecule has 0 heterocycles. The maximum absolute atomic E-state index is 12.5. The second-order valence-electron chi connectivity index (χ2n) is 15.2. The summed E-state index contributed by atoms with van der Waals surface area (Å²) in [5.41, 5.74) is 0. The number of nitrogens with zero attached hydrogens (tertiary/aromatic N) is 1. The van der Waals surface area contributed by atoms with Crippen molar-refractivity contribution < 1.29 is 33.6 Å². The normalized spacial score (nSPS) is 11.9. The number of hydrogen-bond acceptors (Lipinski definition) is 8. The van der Waals surface area contributed by atoms with Gasteiger partial charge < -0.3 is 29.0 Å². The zero-order chi connectivity index (χ0) is 40.1. The molecule has 0 unspecified atom stereocenters. The Balaban J connectivity index is 4.03. The van der Waals surface area contributed by atoms with Crippen LogP contribution in [0.2, 0.25) is 0 Å². The minimum Gasteiger partial charge on any atom is -0.466 e. The number of hydrogen-bond donors (Lipinski definition) is 1. The van der Waals surface area contributed by atoms with E-state index in [0.717, 1.165) is 135 Å². The van der Waals surface area contributed by atoms with Gasteiger partial charge in [-0.15, -0.1) is 0 Å². The number of aliphatic hydroxyl groups is 1. The fraction of sp³-hybridized carbons (Fsp3) is 0.872. The first kappa shape index (κ1) is 53.3. The summed E-state index contributed by atoms with van der Waals surface area (Å²) in [6, 6.07) is 0. The standard InChI is InChI=1S/C47H89NO7/c1-4-7-10-13-16-23-30-41-52-45(50)34-27-20-19-21-28-37-48(39-40-49)38-29-22-26-31-42-53-46(51)35-36-47(54-43-32-24-17-14-11-8-5-2)55-44-33-25-18-15-12-9-6-3/h8-9,11-12,47,49H,4-7,10,13-44H2,1-3H3/b11-8-,12-9-. The summed E-state index contributed by atoms with van der Waals surface area (Å²) < 4.78 is 23.1. The lowest BCUT2D eigenvalue weighted by Crippen LogP contribution is -2.29. The Morgan fingerprint density at radius 2 is 0.927 bits per heavy atom. The maximum Gasteiger partial charge on any atom is 0.305 e. The molecule has 0 radical (unpaired) electrons. The second-order valence-corrected chi connectivity index (χ2v) is 15.2. The summed E-state index contributed by atoms with van der Waals surface area (Å²) >= 11 is 0. The molecule has 0 atom stereocenters. The first-order valence-electron chi connectivity index (χ1n) is 23.2. The number of aliphatic hydroxyl groups excluding tert-OH is 1. The van der Waals surface area contributed by atoms with Crippen molar-refractivity contribution in [3.05, 3.63) is 24.3 Å². The SMILES string of the molecule is CC/C=C\CCCCCOC(CCC(=O)OCCCCCCN(CCO)CCCCCCCC(=O)OCCCCCCCCC)OCCCCC/C=C\CC. The van der Waals surface area contributed by atoms with E-state index in [1.807, 2.05) is 0 Å². The van der Waals surface area contributed by atoms with Crippen LogP contribution in [0.1, 0.15) is 207 Å². The van der Waals surface area contributed by atoms with Crippen molar-refractivity contribution in [2.75, 3.05) is 52.7 Å². The minimum absolute atomic E-state index is 0.0436. The third-order valence-corrected chi connectivity index (χ3v) is 9.94. The smallest absolute Gasteiger partial charge is 0.305 e. The van der Waals surface area contributed by atoms with Gasteiger partial charge in [-0.1, -0.05) is 129 Å². The highest BCUT2D eigenvalue weighted by atomic mass is 16.7. The third-order valence-electron chi connectivity index (χ3n) is 9.94. The number of allylic oxidation sites excluding steroid dienone is 4. The fourth-order valence-electron chi connectivity index (χ4n) is 6.51. The molecule has 0 aromatic heterocycles. The van der Waals surface area contributed by atoms with Crippen molar-refractivity contribution in [3.8, 4) is 0 Å². The predicted molar refractivity (Wildman–Crippen MR) is 230 cm³/mol. The van der Waals surface area contributed by atoms with E-state index >= 15 is 0 Å². The lowest BCUT2D eigenvalue weighted by atomic mass is 10.1. The Labute approximate surface area is 339 Å². The highest BCUT2D eigenvalue weighted by Crippen LogP contribution is 2.13. The van der Waals surface area contributed by atoms with E-state index < -0.39 is 0 Å². The van der Waals surface area contributed by atoms with Crippen LogP contribution < -0.4 is 0 Å². The van der Waals surface area contributed by atoms with Gasteiger partial charge >= 0.3 is 11.9 Å². The van der Waals surface area contributed by atoms with Gasteiger partial charge in [0.1, 0.15) is 0 Å². The van der Waals surface area contributed by atoms with Crippen LogP contribution >= 0.6 is 0 Å². The highest BCUT2D eigenvalue weighted by Gasteiger charge is 2.14. The summed E-state index contributed by atoms with van der Waals surface area (Å²) in [6.07, 6.45) is 39.1. The van der Waals surface area contributed by atoms with Gasteiger partial charge in [0, 0.05) is 32.6 Å². The monoisotopic (exact) mass is 780 g/mol. The summed E-state index contributed by atoms with van der Waals surface area (Å²) in [4.78, 5) is 26.8. The van der Waals surface area contributed by atoms with Crippen LogP contribution in [0.25, 0.3) is 0 Å². The molecular formula is C47H89NO7. The van der Waals surface area contributed by atoms with Crippen LogP contribution in [-0.2, 0) is 28.5 Å². The molecule has 0 aliphatic heterocycles. The van der Waals surface area contributed by atoms with Crippen LogP contribution in [0.5, 0.6) is 0 Å². The Morgan fingerprint density at radius 3 is 1.44 bits per heavy atom. The molecule has 0 aliphatic rings. The molecule has 8 heteroatoms. The van der Waals surface area contributed by atoms with E-state index in [9.17, 15) is 14.7 Å². The first-order chi connectivity index (χ1) is 27.1. The molecule has 0 aliphatic carbocycles. The largest absolute Gasteiger partial charge is 0.466 e. The number of unbranched alkanes of at least 4 members (excludes halogenated alkanes) is 19. The zero-order valence-electron chi connectivity index (χ0n) is 36.4. The van der Waals surface area contributed by atoms with Crippen molar-refractivity contribution in [3.63, 3.8) is 0 Å². The van der Waals surface area contributed by atoms with Crippen LogP contribution in [0.3, 0.4) is 0 Å². The third kappa shape index (κ3) is 41.7. The summed E-state index contributed by atoms with van der Waals surface area (Å²) in [5.74, 6) is -0.214. The molecule has 1 N–H and O–H groups in total. The van der Waals surface area contributed by atoms with Gasteiger partial charge in [-0.2, -0.15) is 0 Å². The Hall–Kier alpha value is -1.74. The quantitative estimate of drug-likeness (QED) is 0.0283. The van der Waals surface area contributed by atoms with Crippen LogP contribution in [0.4, 0.5) is 0 Å². The van der Waals surface area contributed by atoms with Crippen LogP contribution in [0, 0.1) is 0 Å². The van der Waals surface area contributed by atoms with E-state index in [1.165, 1.54) is 44.9 Å². The molecule has 0 fully saturated rings. The van der Waals surface area contributed by atoms with Gasteiger partial charge in [0.2, 0.25) is 0 Å². The number of carbonyl (C=O) groups is 2. The Kier molecular flexibility index (Phi) is 43.5. The van der Waals surface area contributed by atoms with Crippen molar-refractivity contribution in [2.24, 2.45) is 0 Å². The van der Waals surface area contributed by atoms with Crippen LogP contribution in [0.15, 0.2) is 24.3 Å². The van der Waals surface area contributed by atoms with Gasteiger partial charge in [-0.3, -0.25) is 9.59 Å².